The molecule has 0 radical (unpaired) electrons. The quantitative estimate of drug-likeness (QED) is 0.158. The fraction of sp³-hybridized carbons (Fsp3) is 0.0345. The van der Waals surface area contributed by atoms with Gasteiger partial charge in [0, 0.05) is 16.7 Å². The van der Waals surface area contributed by atoms with Crippen LogP contribution in [0.25, 0.3) is 110 Å². The molecule has 0 fully saturated rings. The summed E-state index contributed by atoms with van der Waals surface area (Å²) in [4.78, 5) is 10.6. The average Bonchev–Trinajstić information content (AvgIpc) is 3.31. The normalized spacial score (nSPS) is 11.5. The van der Waals surface area contributed by atoms with Gasteiger partial charge in [-0.1, -0.05) is 170 Å². The third-order valence-electron chi connectivity index (χ3n) is 12.1. The Morgan fingerprint density at radius 2 is 0.700 bits per heavy atom. The Kier molecular flexibility index (Phi) is 8.64. The van der Waals surface area contributed by atoms with Gasteiger partial charge in [0.2, 0.25) is 0 Å². The van der Waals surface area contributed by atoms with Crippen molar-refractivity contribution in [2.75, 3.05) is 0 Å². The summed E-state index contributed by atoms with van der Waals surface area (Å²) < 4.78 is 0. The first-order chi connectivity index (χ1) is 29.6. The van der Waals surface area contributed by atoms with Gasteiger partial charge in [0.05, 0.1) is 11.4 Å². The van der Waals surface area contributed by atoms with Crippen LogP contribution in [0.2, 0.25) is 0 Å². The number of aromatic nitrogens is 2. The summed E-state index contributed by atoms with van der Waals surface area (Å²) in [7, 11) is 0. The van der Waals surface area contributed by atoms with Gasteiger partial charge in [-0.05, 0) is 138 Å². The van der Waals surface area contributed by atoms with Crippen molar-refractivity contribution < 1.29 is 0 Å². The summed E-state index contributed by atoms with van der Waals surface area (Å²) >= 11 is 0. The number of fused-ring (bicyclic) bond motifs is 6. The topological polar surface area (TPSA) is 25.8 Å². The number of benzene rings is 10. The van der Waals surface area contributed by atoms with Crippen molar-refractivity contribution in [3.8, 4) is 67.3 Å². The minimum Gasteiger partial charge on any atom is -0.228 e. The molecule has 0 aliphatic rings. The van der Waals surface area contributed by atoms with E-state index in [0.717, 1.165) is 33.6 Å². The van der Waals surface area contributed by atoms with Gasteiger partial charge < -0.3 is 0 Å². The van der Waals surface area contributed by atoms with E-state index in [1.54, 1.807) is 0 Å². The van der Waals surface area contributed by atoms with E-state index in [-0.39, 0.29) is 0 Å². The van der Waals surface area contributed by atoms with E-state index in [2.05, 4.69) is 220 Å². The van der Waals surface area contributed by atoms with Crippen LogP contribution in [0.15, 0.2) is 206 Å². The van der Waals surface area contributed by atoms with Gasteiger partial charge in [-0.25, -0.2) is 9.97 Å². The number of rotatable bonds is 6. The van der Waals surface area contributed by atoms with Crippen molar-refractivity contribution in [2.24, 2.45) is 0 Å². The van der Waals surface area contributed by atoms with Crippen LogP contribution in [0.5, 0.6) is 0 Å². The van der Waals surface area contributed by atoms with Crippen LogP contribution >= 0.6 is 0 Å². The van der Waals surface area contributed by atoms with Gasteiger partial charge in [-0.3, -0.25) is 0 Å². The Labute approximate surface area is 350 Å². The number of aryl methyl sites for hydroxylation is 2. The highest BCUT2D eigenvalue weighted by Gasteiger charge is 2.17. The highest BCUT2D eigenvalue weighted by Crippen LogP contribution is 2.40. The molecule has 0 atom stereocenters. The number of nitrogens with zero attached hydrogens (tertiary/aromatic N) is 2. The van der Waals surface area contributed by atoms with Gasteiger partial charge >= 0.3 is 0 Å². The van der Waals surface area contributed by atoms with E-state index in [1.807, 2.05) is 0 Å². The molecule has 0 aliphatic heterocycles. The monoisotopic (exact) mass is 764 g/mol. The molecule has 0 bridgehead atoms. The summed E-state index contributed by atoms with van der Waals surface area (Å²) in [6, 6.07) is 74.4. The molecule has 0 spiro atoms. The summed E-state index contributed by atoms with van der Waals surface area (Å²) in [5.41, 5.74) is 14.5. The Balaban J connectivity index is 1.05. The molecule has 0 N–H and O–H groups in total. The minimum atomic E-state index is 0.702. The molecular formula is C58H40N2. The van der Waals surface area contributed by atoms with Crippen LogP contribution in [0, 0.1) is 13.8 Å². The molecule has 60 heavy (non-hydrogen) atoms. The number of hydrogen-bond donors (Lipinski definition) is 0. The van der Waals surface area contributed by atoms with E-state index >= 15 is 0 Å². The molecule has 0 unspecified atom stereocenters. The Bertz CT molecular complexity index is 3270. The summed E-state index contributed by atoms with van der Waals surface area (Å²) in [5, 5.41) is 10.1. The van der Waals surface area contributed by atoms with E-state index in [9.17, 15) is 0 Å². The lowest BCUT2D eigenvalue weighted by atomic mass is 9.90. The van der Waals surface area contributed by atoms with E-state index in [4.69, 9.17) is 9.97 Å². The third-order valence-corrected chi connectivity index (χ3v) is 12.1. The molecule has 282 valence electrons. The molecule has 1 heterocycles. The summed E-state index contributed by atoms with van der Waals surface area (Å²) in [5.74, 6) is 0.702. The molecule has 10 aromatic carbocycles. The highest BCUT2D eigenvalue weighted by molar-refractivity contribution is 6.15. The van der Waals surface area contributed by atoms with Crippen molar-refractivity contribution in [2.45, 2.75) is 13.8 Å². The van der Waals surface area contributed by atoms with Crippen LogP contribution in [0.4, 0.5) is 0 Å². The molecule has 2 nitrogen and oxygen atoms in total. The zero-order chi connectivity index (χ0) is 40.2. The Morgan fingerprint density at radius 1 is 0.267 bits per heavy atom. The largest absolute Gasteiger partial charge is 0.228 e. The van der Waals surface area contributed by atoms with Gasteiger partial charge in [0.1, 0.15) is 0 Å². The van der Waals surface area contributed by atoms with Gasteiger partial charge in [-0.2, -0.15) is 0 Å². The molecule has 0 amide bonds. The average molecular weight is 765 g/mol. The molecule has 0 saturated heterocycles. The maximum Gasteiger partial charge on any atom is 0.160 e. The van der Waals surface area contributed by atoms with Gasteiger partial charge in [0.15, 0.2) is 5.82 Å². The van der Waals surface area contributed by atoms with Crippen LogP contribution in [0.1, 0.15) is 11.1 Å². The fourth-order valence-electron chi connectivity index (χ4n) is 9.15. The zero-order valence-corrected chi connectivity index (χ0v) is 33.5. The molecule has 2 heteroatoms. The standard InChI is InChI=1S/C58H40N2/c1-37-31-44(27-29-46(37)54-34-41-17-6-8-21-48(41)50-23-10-12-25-52(50)54)57-36-56(43-20-14-19-40(33-43)39-15-4-3-5-16-39)59-58(60-57)45-28-30-47(38(2)32-45)55-35-42-18-7-9-22-49(42)51-24-11-13-26-53(51)55/h3-36H,1-2H3. The molecular weight excluding hydrogens is 725 g/mol. The SMILES string of the molecule is Cc1cc(-c2cc(-c3cccc(-c4ccccc4)c3)nc(-c3ccc(-c4cc5ccccc5c5ccccc45)c(C)c3)n2)ccc1-c1cc2ccccc2c2ccccc12. The lowest BCUT2D eigenvalue weighted by Gasteiger charge is -2.16. The molecule has 0 saturated carbocycles. The first-order valence-corrected chi connectivity index (χ1v) is 20.6. The lowest BCUT2D eigenvalue weighted by molar-refractivity contribution is 1.18. The van der Waals surface area contributed by atoms with Crippen molar-refractivity contribution >= 4 is 43.1 Å². The maximum absolute atomic E-state index is 5.34. The summed E-state index contributed by atoms with van der Waals surface area (Å²) in [6.45, 7) is 4.42. The second kappa shape index (κ2) is 14.6. The van der Waals surface area contributed by atoms with E-state index in [0.29, 0.717) is 5.82 Å². The molecule has 11 aromatic rings. The van der Waals surface area contributed by atoms with E-state index in [1.165, 1.54) is 82.0 Å². The smallest absolute Gasteiger partial charge is 0.160 e. The second-order valence-electron chi connectivity index (χ2n) is 15.8. The lowest BCUT2D eigenvalue weighted by Crippen LogP contribution is -1.98. The van der Waals surface area contributed by atoms with Crippen LogP contribution < -0.4 is 0 Å². The van der Waals surface area contributed by atoms with Gasteiger partial charge in [-0.15, -0.1) is 0 Å². The van der Waals surface area contributed by atoms with Crippen molar-refractivity contribution in [3.05, 3.63) is 217 Å². The fourth-order valence-corrected chi connectivity index (χ4v) is 9.15. The van der Waals surface area contributed by atoms with Crippen LogP contribution in [-0.2, 0) is 0 Å². The highest BCUT2D eigenvalue weighted by atomic mass is 14.9. The first-order valence-electron chi connectivity index (χ1n) is 20.6. The van der Waals surface area contributed by atoms with Gasteiger partial charge in [0.25, 0.3) is 0 Å². The van der Waals surface area contributed by atoms with Crippen molar-refractivity contribution in [1.29, 1.82) is 0 Å². The predicted octanol–water partition coefficient (Wildman–Crippen LogP) is 15.7. The zero-order valence-electron chi connectivity index (χ0n) is 33.5. The van der Waals surface area contributed by atoms with Crippen molar-refractivity contribution in [3.63, 3.8) is 0 Å². The maximum atomic E-state index is 5.34. The predicted molar refractivity (Wildman–Crippen MR) is 254 cm³/mol. The van der Waals surface area contributed by atoms with Crippen LogP contribution in [-0.4, -0.2) is 9.97 Å². The Morgan fingerprint density at radius 3 is 1.27 bits per heavy atom. The van der Waals surface area contributed by atoms with E-state index < -0.39 is 0 Å². The Hall–Kier alpha value is -7.68. The number of hydrogen-bond acceptors (Lipinski definition) is 2. The summed E-state index contributed by atoms with van der Waals surface area (Å²) in [6.07, 6.45) is 0. The third kappa shape index (κ3) is 6.22. The van der Waals surface area contributed by atoms with Crippen molar-refractivity contribution in [1.82, 2.24) is 9.97 Å². The minimum absolute atomic E-state index is 0.702. The second-order valence-corrected chi connectivity index (χ2v) is 15.8. The molecule has 1 aromatic heterocycles. The molecule has 11 rings (SSSR count). The van der Waals surface area contributed by atoms with Crippen LogP contribution in [0.3, 0.4) is 0 Å². The first kappa shape index (κ1) is 35.5. The molecule has 0 aliphatic carbocycles.